The highest BCUT2D eigenvalue weighted by Crippen LogP contribution is 2.14. The summed E-state index contributed by atoms with van der Waals surface area (Å²) in [6.07, 6.45) is 8.22. The first kappa shape index (κ1) is 12.6. The van der Waals surface area contributed by atoms with Crippen molar-refractivity contribution < 1.29 is 0 Å². The van der Waals surface area contributed by atoms with Crippen molar-refractivity contribution in [1.82, 2.24) is 20.3 Å². The van der Waals surface area contributed by atoms with Crippen LogP contribution in [-0.4, -0.2) is 21.5 Å². The Morgan fingerprint density at radius 3 is 2.44 bits per heavy atom. The van der Waals surface area contributed by atoms with Gasteiger partial charge in [0.25, 0.3) is 0 Å². The zero-order valence-electron chi connectivity index (χ0n) is 10.8. The molecule has 1 atom stereocenters. The first-order valence-corrected chi connectivity index (χ1v) is 6.20. The Labute approximate surface area is 108 Å². The molecular weight excluding hydrogens is 224 g/mol. The summed E-state index contributed by atoms with van der Waals surface area (Å²) in [5.74, 6) is 0.847. The first-order chi connectivity index (χ1) is 8.79. The molecule has 1 N–H and O–H groups in total. The molecule has 4 nitrogen and oxygen atoms in total. The zero-order valence-corrected chi connectivity index (χ0v) is 10.8. The van der Waals surface area contributed by atoms with Gasteiger partial charge in [-0.05, 0) is 43.1 Å². The number of pyridine rings is 1. The lowest BCUT2D eigenvalue weighted by Gasteiger charge is -2.16. The van der Waals surface area contributed by atoms with Crippen molar-refractivity contribution in [2.75, 3.05) is 6.54 Å². The van der Waals surface area contributed by atoms with Crippen LogP contribution in [0.25, 0.3) is 0 Å². The fourth-order valence-corrected chi connectivity index (χ4v) is 1.84. The summed E-state index contributed by atoms with van der Waals surface area (Å²) in [7, 11) is 0. The highest BCUT2D eigenvalue weighted by molar-refractivity contribution is 5.14. The minimum Gasteiger partial charge on any atom is -0.307 e. The van der Waals surface area contributed by atoms with Gasteiger partial charge in [0.1, 0.15) is 5.82 Å². The minimum absolute atomic E-state index is 0.151. The summed E-state index contributed by atoms with van der Waals surface area (Å²) in [5.41, 5.74) is 2.32. The Kier molecular flexibility index (Phi) is 4.36. The van der Waals surface area contributed by atoms with E-state index in [0.29, 0.717) is 0 Å². The molecule has 0 aliphatic carbocycles. The summed E-state index contributed by atoms with van der Waals surface area (Å²) in [6.45, 7) is 4.98. The Morgan fingerprint density at radius 2 is 1.83 bits per heavy atom. The maximum atomic E-state index is 4.40. The lowest BCUT2D eigenvalue weighted by molar-refractivity contribution is 0.521. The van der Waals surface area contributed by atoms with E-state index in [1.165, 1.54) is 5.56 Å². The van der Waals surface area contributed by atoms with Crippen LogP contribution in [0.5, 0.6) is 0 Å². The number of hydrogen-bond acceptors (Lipinski definition) is 4. The summed E-state index contributed by atoms with van der Waals surface area (Å²) < 4.78 is 0. The van der Waals surface area contributed by atoms with Crippen LogP contribution < -0.4 is 5.32 Å². The van der Waals surface area contributed by atoms with Crippen molar-refractivity contribution >= 4 is 0 Å². The summed E-state index contributed by atoms with van der Waals surface area (Å²) in [6, 6.07) is 4.20. The van der Waals surface area contributed by atoms with Gasteiger partial charge in [0.2, 0.25) is 0 Å². The monoisotopic (exact) mass is 242 g/mol. The van der Waals surface area contributed by atoms with Crippen molar-refractivity contribution in [2.24, 2.45) is 0 Å². The first-order valence-electron chi connectivity index (χ1n) is 6.20. The van der Waals surface area contributed by atoms with Crippen molar-refractivity contribution in [2.45, 2.75) is 26.3 Å². The van der Waals surface area contributed by atoms with Crippen molar-refractivity contribution in [3.05, 3.63) is 53.9 Å². The van der Waals surface area contributed by atoms with E-state index >= 15 is 0 Å². The van der Waals surface area contributed by atoms with Crippen LogP contribution in [0.2, 0.25) is 0 Å². The molecule has 0 saturated carbocycles. The van der Waals surface area contributed by atoms with E-state index in [2.05, 4.69) is 27.2 Å². The van der Waals surface area contributed by atoms with E-state index in [-0.39, 0.29) is 6.04 Å². The van der Waals surface area contributed by atoms with Crippen LogP contribution in [0, 0.1) is 6.92 Å². The molecule has 0 radical (unpaired) electrons. The SMILES string of the molecule is CCNC(Cc1ccncc1)c1ncc(C)cn1. The topological polar surface area (TPSA) is 50.7 Å². The maximum absolute atomic E-state index is 4.40. The zero-order chi connectivity index (χ0) is 12.8. The Balaban J connectivity index is 2.15. The van der Waals surface area contributed by atoms with Crippen LogP contribution in [0.15, 0.2) is 36.9 Å². The predicted molar refractivity (Wildman–Crippen MR) is 71.1 cm³/mol. The van der Waals surface area contributed by atoms with Crippen LogP contribution in [0.1, 0.15) is 29.9 Å². The quantitative estimate of drug-likeness (QED) is 0.872. The number of aromatic nitrogens is 3. The molecule has 2 heterocycles. The number of aryl methyl sites for hydroxylation is 1. The van der Waals surface area contributed by atoms with Crippen molar-refractivity contribution in [3.63, 3.8) is 0 Å². The van der Waals surface area contributed by atoms with Gasteiger partial charge >= 0.3 is 0 Å². The fourth-order valence-electron chi connectivity index (χ4n) is 1.84. The molecule has 0 spiro atoms. The molecule has 2 aromatic rings. The summed E-state index contributed by atoms with van der Waals surface area (Å²) >= 11 is 0. The largest absolute Gasteiger partial charge is 0.307 e. The molecule has 0 aliphatic heterocycles. The number of rotatable bonds is 5. The maximum Gasteiger partial charge on any atom is 0.145 e. The fraction of sp³-hybridized carbons (Fsp3) is 0.357. The molecule has 2 aromatic heterocycles. The molecular formula is C14H18N4. The molecule has 0 aliphatic rings. The van der Waals surface area contributed by atoms with E-state index < -0.39 is 0 Å². The van der Waals surface area contributed by atoms with Gasteiger partial charge in [0.15, 0.2) is 0 Å². The lowest BCUT2D eigenvalue weighted by Crippen LogP contribution is -2.25. The van der Waals surface area contributed by atoms with Gasteiger partial charge in [-0.2, -0.15) is 0 Å². The summed E-state index contributed by atoms with van der Waals surface area (Å²) in [4.78, 5) is 12.8. The highest BCUT2D eigenvalue weighted by atomic mass is 15.0. The van der Waals surface area contributed by atoms with E-state index in [1.54, 1.807) is 0 Å². The van der Waals surface area contributed by atoms with E-state index in [1.807, 2.05) is 43.8 Å². The Morgan fingerprint density at radius 1 is 1.17 bits per heavy atom. The predicted octanol–water partition coefficient (Wildman–Crippen LogP) is 2.07. The normalized spacial score (nSPS) is 12.3. The van der Waals surface area contributed by atoms with Gasteiger partial charge in [0, 0.05) is 24.8 Å². The van der Waals surface area contributed by atoms with E-state index in [0.717, 1.165) is 24.4 Å². The van der Waals surface area contributed by atoms with Crippen LogP contribution >= 0.6 is 0 Å². The van der Waals surface area contributed by atoms with E-state index in [9.17, 15) is 0 Å². The molecule has 0 amide bonds. The van der Waals surface area contributed by atoms with E-state index in [4.69, 9.17) is 0 Å². The Bertz CT molecular complexity index is 467. The van der Waals surface area contributed by atoms with Gasteiger partial charge < -0.3 is 5.32 Å². The standard InChI is InChI=1S/C14H18N4/c1-3-16-13(8-12-4-6-15-7-5-12)14-17-9-11(2)10-18-14/h4-7,9-10,13,16H,3,8H2,1-2H3. The number of nitrogens with zero attached hydrogens (tertiary/aromatic N) is 3. The summed E-state index contributed by atoms with van der Waals surface area (Å²) in [5, 5.41) is 3.42. The van der Waals surface area contributed by atoms with Gasteiger partial charge in [-0.15, -0.1) is 0 Å². The van der Waals surface area contributed by atoms with Gasteiger partial charge in [-0.25, -0.2) is 9.97 Å². The smallest absolute Gasteiger partial charge is 0.145 e. The average molecular weight is 242 g/mol. The molecule has 18 heavy (non-hydrogen) atoms. The lowest BCUT2D eigenvalue weighted by atomic mass is 10.1. The molecule has 0 fully saturated rings. The molecule has 4 heteroatoms. The van der Waals surface area contributed by atoms with Crippen LogP contribution in [0.4, 0.5) is 0 Å². The van der Waals surface area contributed by atoms with Gasteiger partial charge in [0.05, 0.1) is 6.04 Å². The molecule has 2 rings (SSSR count). The van der Waals surface area contributed by atoms with Crippen molar-refractivity contribution in [3.8, 4) is 0 Å². The third kappa shape index (κ3) is 3.34. The minimum atomic E-state index is 0.151. The molecule has 0 saturated heterocycles. The third-order valence-corrected chi connectivity index (χ3v) is 2.75. The third-order valence-electron chi connectivity index (χ3n) is 2.75. The molecule has 94 valence electrons. The number of nitrogens with one attached hydrogen (secondary N) is 1. The van der Waals surface area contributed by atoms with Gasteiger partial charge in [-0.3, -0.25) is 4.98 Å². The molecule has 0 aromatic carbocycles. The molecule has 1 unspecified atom stereocenters. The van der Waals surface area contributed by atoms with Crippen LogP contribution in [-0.2, 0) is 6.42 Å². The number of hydrogen-bond donors (Lipinski definition) is 1. The van der Waals surface area contributed by atoms with Crippen LogP contribution in [0.3, 0.4) is 0 Å². The highest BCUT2D eigenvalue weighted by Gasteiger charge is 2.13. The molecule has 0 bridgehead atoms. The number of likely N-dealkylation sites (N-methyl/N-ethyl adjacent to an activating group) is 1. The Hall–Kier alpha value is -1.81. The van der Waals surface area contributed by atoms with Crippen molar-refractivity contribution in [1.29, 1.82) is 0 Å². The second-order valence-corrected chi connectivity index (χ2v) is 4.29. The second-order valence-electron chi connectivity index (χ2n) is 4.29. The van der Waals surface area contributed by atoms with Gasteiger partial charge in [-0.1, -0.05) is 6.92 Å². The second kappa shape index (κ2) is 6.21. The average Bonchev–Trinajstić information content (AvgIpc) is 2.40.